The molecule has 0 spiro atoms. The van der Waals surface area contributed by atoms with Crippen LogP contribution in [-0.4, -0.2) is 18.7 Å². The van der Waals surface area contributed by atoms with Crippen molar-refractivity contribution < 1.29 is 27.1 Å². The van der Waals surface area contributed by atoms with Crippen LogP contribution in [0.5, 0.6) is 0 Å². The molecule has 0 bridgehead atoms. The highest BCUT2D eigenvalue weighted by Crippen LogP contribution is 2.16. The van der Waals surface area contributed by atoms with E-state index in [1.807, 2.05) is 0 Å². The van der Waals surface area contributed by atoms with Gasteiger partial charge < -0.3 is 10.1 Å². The summed E-state index contributed by atoms with van der Waals surface area (Å²) < 4.78 is 53.3. The summed E-state index contributed by atoms with van der Waals surface area (Å²) in [5, 5.41) is 2.68. The van der Waals surface area contributed by atoms with Crippen LogP contribution in [0.25, 0.3) is 0 Å². The first-order valence-electron chi connectivity index (χ1n) is 7.09. The van der Waals surface area contributed by atoms with Crippen LogP contribution in [-0.2, 0) is 17.9 Å². The molecule has 0 heterocycles. The minimum absolute atomic E-state index is 0.184. The molecule has 0 unspecified atom stereocenters. The number of hydrogen-bond donors (Lipinski definition) is 1. The largest absolute Gasteiger partial charge is 0.411 e. The highest BCUT2D eigenvalue weighted by Gasteiger charge is 2.27. The molecule has 1 amide bonds. The number of nitrogens with one attached hydrogen (secondary N) is 1. The van der Waals surface area contributed by atoms with Crippen LogP contribution < -0.4 is 5.32 Å². The highest BCUT2D eigenvalue weighted by atomic mass is 19.4. The van der Waals surface area contributed by atoms with E-state index in [0.717, 1.165) is 5.56 Å². The molecule has 128 valence electrons. The monoisotopic (exact) mass is 341 g/mol. The standard InChI is InChI=1S/C17H15F4NO2/c18-15-7-3-12(4-8-15)9-22-16(23)14-5-1-13(2-6-14)10-24-11-17(19,20)21/h1-8H,9-11H2,(H,22,23). The average Bonchev–Trinajstić information content (AvgIpc) is 2.53. The zero-order valence-corrected chi connectivity index (χ0v) is 12.6. The van der Waals surface area contributed by atoms with E-state index in [-0.39, 0.29) is 24.9 Å². The molecule has 0 saturated heterocycles. The first-order valence-corrected chi connectivity index (χ1v) is 7.09. The summed E-state index contributed by atoms with van der Waals surface area (Å²) in [6.45, 7) is -1.25. The second-order valence-corrected chi connectivity index (χ2v) is 5.11. The molecular formula is C17H15F4NO2. The van der Waals surface area contributed by atoms with Crippen LogP contribution in [0.3, 0.4) is 0 Å². The topological polar surface area (TPSA) is 38.3 Å². The van der Waals surface area contributed by atoms with Gasteiger partial charge in [0.15, 0.2) is 0 Å². The number of rotatable bonds is 6. The van der Waals surface area contributed by atoms with Gasteiger partial charge in [-0.05, 0) is 35.4 Å². The minimum Gasteiger partial charge on any atom is -0.367 e. The Morgan fingerprint density at radius 1 is 0.958 bits per heavy atom. The van der Waals surface area contributed by atoms with Gasteiger partial charge in [-0.3, -0.25) is 4.79 Å². The van der Waals surface area contributed by atoms with Gasteiger partial charge in [0.2, 0.25) is 0 Å². The van der Waals surface area contributed by atoms with Gasteiger partial charge in [0.25, 0.3) is 5.91 Å². The first kappa shape index (κ1) is 17.9. The first-order chi connectivity index (χ1) is 11.3. The SMILES string of the molecule is O=C(NCc1ccc(F)cc1)c1ccc(COCC(F)(F)F)cc1. The molecule has 2 aromatic rings. The molecule has 3 nitrogen and oxygen atoms in total. The predicted octanol–water partition coefficient (Wildman–Crippen LogP) is 3.83. The number of ether oxygens (including phenoxy) is 1. The van der Waals surface area contributed by atoms with Crippen molar-refractivity contribution in [2.45, 2.75) is 19.3 Å². The molecule has 0 aromatic heterocycles. The van der Waals surface area contributed by atoms with Crippen molar-refractivity contribution in [1.82, 2.24) is 5.32 Å². The molecule has 0 radical (unpaired) electrons. The molecule has 2 rings (SSSR count). The van der Waals surface area contributed by atoms with Gasteiger partial charge in [0.05, 0.1) is 6.61 Å². The number of benzene rings is 2. The Balaban J connectivity index is 1.83. The van der Waals surface area contributed by atoms with Crippen LogP contribution in [0.4, 0.5) is 17.6 Å². The van der Waals surface area contributed by atoms with E-state index in [1.54, 1.807) is 12.1 Å². The molecule has 0 aliphatic carbocycles. The van der Waals surface area contributed by atoms with Gasteiger partial charge in [-0.15, -0.1) is 0 Å². The van der Waals surface area contributed by atoms with E-state index in [9.17, 15) is 22.4 Å². The maximum atomic E-state index is 12.8. The lowest BCUT2D eigenvalue weighted by atomic mass is 10.1. The van der Waals surface area contributed by atoms with E-state index in [0.29, 0.717) is 11.1 Å². The molecule has 0 atom stereocenters. The smallest absolute Gasteiger partial charge is 0.367 e. The van der Waals surface area contributed by atoms with E-state index in [2.05, 4.69) is 10.1 Å². The van der Waals surface area contributed by atoms with Crippen LogP contribution in [0.15, 0.2) is 48.5 Å². The summed E-state index contributed by atoms with van der Waals surface area (Å²) in [6, 6.07) is 11.8. The Hall–Kier alpha value is -2.41. The Morgan fingerprint density at radius 2 is 1.54 bits per heavy atom. The third kappa shape index (κ3) is 6.00. The maximum absolute atomic E-state index is 12.8. The number of carbonyl (C=O) groups is 1. The van der Waals surface area contributed by atoms with Crippen LogP contribution >= 0.6 is 0 Å². The minimum atomic E-state index is -4.36. The summed E-state index contributed by atoms with van der Waals surface area (Å²) in [4.78, 5) is 12.0. The second-order valence-electron chi connectivity index (χ2n) is 5.11. The van der Waals surface area contributed by atoms with Crippen molar-refractivity contribution in [2.24, 2.45) is 0 Å². The lowest BCUT2D eigenvalue weighted by molar-refractivity contribution is -0.176. The van der Waals surface area contributed by atoms with Gasteiger partial charge >= 0.3 is 6.18 Å². The van der Waals surface area contributed by atoms with Gasteiger partial charge in [0.1, 0.15) is 12.4 Å². The average molecular weight is 341 g/mol. The van der Waals surface area contributed by atoms with E-state index >= 15 is 0 Å². The Labute approximate surface area is 136 Å². The lowest BCUT2D eigenvalue weighted by Crippen LogP contribution is -2.22. The van der Waals surface area contributed by atoms with Crippen LogP contribution in [0.2, 0.25) is 0 Å². The number of amides is 1. The van der Waals surface area contributed by atoms with E-state index < -0.39 is 12.8 Å². The van der Waals surface area contributed by atoms with Crippen LogP contribution in [0.1, 0.15) is 21.5 Å². The Bertz CT molecular complexity index is 666. The summed E-state index contributed by atoms with van der Waals surface area (Å²) in [6.07, 6.45) is -4.36. The zero-order chi connectivity index (χ0) is 17.6. The second kappa shape index (κ2) is 7.92. The number of hydrogen-bond acceptors (Lipinski definition) is 2. The van der Waals surface area contributed by atoms with Crippen molar-refractivity contribution in [3.63, 3.8) is 0 Å². The zero-order valence-electron chi connectivity index (χ0n) is 12.6. The molecular weight excluding hydrogens is 326 g/mol. The van der Waals surface area contributed by atoms with Crippen LogP contribution in [0, 0.1) is 5.82 Å². The van der Waals surface area contributed by atoms with E-state index in [1.165, 1.54) is 36.4 Å². The van der Waals surface area contributed by atoms with Crippen molar-refractivity contribution in [2.75, 3.05) is 6.61 Å². The van der Waals surface area contributed by atoms with Gasteiger partial charge in [-0.1, -0.05) is 24.3 Å². The number of carbonyl (C=O) groups excluding carboxylic acids is 1. The molecule has 0 aliphatic rings. The van der Waals surface area contributed by atoms with E-state index in [4.69, 9.17) is 0 Å². The Kier molecular flexibility index (Phi) is 5.92. The fraction of sp³-hybridized carbons (Fsp3) is 0.235. The predicted molar refractivity (Wildman–Crippen MR) is 79.7 cm³/mol. The van der Waals surface area contributed by atoms with Gasteiger partial charge in [0, 0.05) is 12.1 Å². The maximum Gasteiger partial charge on any atom is 0.411 e. The van der Waals surface area contributed by atoms with Gasteiger partial charge in [-0.25, -0.2) is 4.39 Å². The molecule has 24 heavy (non-hydrogen) atoms. The van der Waals surface area contributed by atoms with Crippen molar-refractivity contribution in [1.29, 1.82) is 0 Å². The molecule has 1 N–H and O–H groups in total. The molecule has 7 heteroatoms. The third-order valence-electron chi connectivity index (χ3n) is 3.12. The number of halogens is 4. The van der Waals surface area contributed by atoms with Crippen molar-refractivity contribution in [3.8, 4) is 0 Å². The molecule has 0 saturated carbocycles. The van der Waals surface area contributed by atoms with Gasteiger partial charge in [-0.2, -0.15) is 13.2 Å². The molecule has 0 aliphatic heterocycles. The summed E-state index contributed by atoms with van der Waals surface area (Å²) in [5.41, 5.74) is 1.66. The fourth-order valence-corrected chi connectivity index (χ4v) is 1.92. The lowest BCUT2D eigenvalue weighted by Gasteiger charge is -2.09. The summed E-state index contributed by atoms with van der Waals surface area (Å²) in [7, 11) is 0. The third-order valence-corrected chi connectivity index (χ3v) is 3.12. The molecule has 0 fully saturated rings. The summed E-state index contributed by atoms with van der Waals surface area (Å²) in [5.74, 6) is -0.685. The number of alkyl halides is 3. The van der Waals surface area contributed by atoms with Crippen molar-refractivity contribution in [3.05, 3.63) is 71.0 Å². The summed E-state index contributed by atoms with van der Waals surface area (Å²) >= 11 is 0. The normalized spacial score (nSPS) is 11.3. The van der Waals surface area contributed by atoms with Crippen molar-refractivity contribution >= 4 is 5.91 Å². The Morgan fingerprint density at radius 3 is 2.12 bits per heavy atom. The fourth-order valence-electron chi connectivity index (χ4n) is 1.92. The quantitative estimate of drug-likeness (QED) is 0.811. The highest BCUT2D eigenvalue weighted by molar-refractivity contribution is 5.94. The molecule has 2 aromatic carbocycles.